The smallest absolute Gasteiger partial charge is 0.313 e. The first-order valence-electron chi connectivity index (χ1n) is 2.69. The van der Waals surface area contributed by atoms with Crippen molar-refractivity contribution < 1.29 is 9.90 Å². The van der Waals surface area contributed by atoms with Crippen molar-refractivity contribution in [3.63, 3.8) is 0 Å². The summed E-state index contributed by atoms with van der Waals surface area (Å²) in [6.45, 7) is 0. The lowest BCUT2D eigenvalue weighted by atomic mass is 10.8. The van der Waals surface area contributed by atoms with Gasteiger partial charge in [0.15, 0.2) is 5.17 Å². The molecule has 2 N–H and O–H groups in total. The highest BCUT2D eigenvalue weighted by Gasteiger charge is 1.99. The molecule has 0 aromatic rings. The Morgan fingerprint density at radius 3 is 2.70 bits per heavy atom. The predicted octanol–water partition coefficient (Wildman–Crippen LogP) is 0.00940. The number of amidine groups is 1. The van der Waals surface area contributed by atoms with Gasteiger partial charge in [0.25, 0.3) is 0 Å². The highest BCUT2D eigenvalue weighted by molar-refractivity contribution is 8.14. The topological polar surface area (TPSA) is 61.7 Å². The van der Waals surface area contributed by atoms with Crippen LogP contribution in [0.3, 0.4) is 0 Å². The van der Waals surface area contributed by atoms with Gasteiger partial charge < -0.3 is 10.4 Å². The molecule has 4 nitrogen and oxygen atoms in total. The predicted molar refractivity (Wildman–Crippen MR) is 42.5 cm³/mol. The first-order valence-corrected chi connectivity index (χ1v) is 3.68. The van der Waals surface area contributed by atoms with Crippen LogP contribution in [0.5, 0.6) is 0 Å². The Hall–Kier alpha value is -0.710. The van der Waals surface area contributed by atoms with Gasteiger partial charge in [0.05, 0.1) is 5.75 Å². The fraction of sp³-hybridized carbons (Fsp3) is 0.600. The highest BCUT2D eigenvalue weighted by atomic mass is 32.2. The number of carbonyl (C=O) groups is 1. The van der Waals surface area contributed by atoms with E-state index < -0.39 is 5.97 Å². The van der Waals surface area contributed by atoms with Gasteiger partial charge in [-0.3, -0.25) is 9.79 Å². The summed E-state index contributed by atoms with van der Waals surface area (Å²) < 4.78 is 0. The standard InChI is InChI=1S/C5H10N2O2S/c1-6-5(7-2)10-3-4(8)9/h3H2,1-2H3,(H,6,7)(H,8,9). The SMILES string of the molecule is CN=C(NC)SCC(=O)O. The normalized spacial score (nSPS) is 11.2. The summed E-state index contributed by atoms with van der Waals surface area (Å²) in [5, 5.41) is 11.6. The van der Waals surface area contributed by atoms with Crippen LogP contribution < -0.4 is 5.32 Å². The molecule has 0 bridgehead atoms. The fourth-order valence-electron chi connectivity index (χ4n) is 0.379. The van der Waals surface area contributed by atoms with Crippen molar-refractivity contribution in [2.75, 3.05) is 19.8 Å². The van der Waals surface area contributed by atoms with Crippen LogP contribution >= 0.6 is 11.8 Å². The van der Waals surface area contributed by atoms with Crippen LogP contribution in [0.2, 0.25) is 0 Å². The Morgan fingerprint density at radius 1 is 1.80 bits per heavy atom. The Bertz CT molecular complexity index is 147. The molecule has 0 aliphatic carbocycles. The second-order valence-electron chi connectivity index (χ2n) is 1.46. The molecule has 0 radical (unpaired) electrons. The van der Waals surface area contributed by atoms with Crippen LogP contribution in [0.25, 0.3) is 0 Å². The molecular weight excluding hydrogens is 152 g/mol. The Morgan fingerprint density at radius 2 is 2.40 bits per heavy atom. The Kier molecular flexibility index (Phi) is 4.74. The lowest BCUT2D eigenvalue weighted by Gasteiger charge is -1.99. The number of thioether (sulfide) groups is 1. The molecule has 0 aromatic heterocycles. The number of carboxylic acids is 1. The van der Waals surface area contributed by atoms with Crippen LogP contribution in [0.1, 0.15) is 0 Å². The third-order valence-corrected chi connectivity index (χ3v) is 1.80. The molecule has 0 heterocycles. The second-order valence-corrected chi connectivity index (χ2v) is 2.43. The molecule has 0 spiro atoms. The molecule has 0 saturated heterocycles. The molecule has 0 fully saturated rings. The van der Waals surface area contributed by atoms with E-state index in [1.807, 2.05) is 0 Å². The van der Waals surface area contributed by atoms with Gasteiger partial charge in [0.1, 0.15) is 0 Å². The minimum Gasteiger partial charge on any atom is -0.481 e. The van der Waals surface area contributed by atoms with Crippen molar-refractivity contribution >= 4 is 22.9 Å². The summed E-state index contributed by atoms with van der Waals surface area (Å²) in [6.07, 6.45) is 0. The number of aliphatic imine (C=N–C) groups is 1. The molecule has 10 heavy (non-hydrogen) atoms. The van der Waals surface area contributed by atoms with Crippen molar-refractivity contribution in [3.05, 3.63) is 0 Å². The monoisotopic (exact) mass is 162 g/mol. The van der Waals surface area contributed by atoms with E-state index in [1.54, 1.807) is 14.1 Å². The quantitative estimate of drug-likeness (QED) is 0.443. The van der Waals surface area contributed by atoms with E-state index in [-0.39, 0.29) is 5.75 Å². The van der Waals surface area contributed by atoms with E-state index in [4.69, 9.17) is 5.11 Å². The number of carboxylic acid groups (broad SMARTS) is 1. The molecule has 0 rings (SSSR count). The number of hydrogen-bond acceptors (Lipinski definition) is 3. The summed E-state index contributed by atoms with van der Waals surface area (Å²) >= 11 is 1.17. The van der Waals surface area contributed by atoms with E-state index in [9.17, 15) is 4.79 Å². The zero-order chi connectivity index (χ0) is 7.98. The summed E-state index contributed by atoms with van der Waals surface area (Å²) in [5.41, 5.74) is 0. The molecule has 0 unspecified atom stereocenters. The summed E-state index contributed by atoms with van der Waals surface area (Å²) in [5.74, 6) is -0.783. The number of rotatable bonds is 2. The molecule has 0 aliphatic rings. The largest absolute Gasteiger partial charge is 0.481 e. The van der Waals surface area contributed by atoms with Crippen LogP contribution in [-0.2, 0) is 4.79 Å². The Labute approximate surface area is 63.7 Å². The van der Waals surface area contributed by atoms with E-state index >= 15 is 0 Å². The molecule has 0 amide bonds. The zero-order valence-electron chi connectivity index (χ0n) is 5.92. The average molecular weight is 162 g/mol. The second kappa shape index (κ2) is 5.10. The summed E-state index contributed by atoms with van der Waals surface area (Å²) in [7, 11) is 3.32. The maximum Gasteiger partial charge on any atom is 0.313 e. The Balaban J connectivity index is 3.56. The maximum absolute atomic E-state index is 10.0. The summed E-state index contributed by atoms with van der Waals surface area (Å²) in [4.78, 5) is 13.8. The van der Waals surface area contributed by atoms with Gasteiger partial charge in [-0.1, -0.05) is 11.8 Å². The number of aliphatic carboxylic acids is 1. The minimum atomic E-state index is -0.832. The van der Waals surface area contributed by atoms with E-state index in [0.717, 1.165) is 0 Å². The first kappa shape index (κ1) is 9.29. The van der Waals surface area contributed by atoms with E-state index in [1.165, 1.54) is 11.8 Å². The molecule has 58 valence electrons. The van der Waals surface area contributed by atoms with E-state index in [0.29, 0.717) is 5.17 Å². The number of hydrogen-bond donors (Lipinski definition) is 2. The number of nitrogens with zero attached hydrogens (tertiary/aromatic N) is 1. The zero-order valence-corrected chi connectivity index (χ0v) is 6.73. The van der Waals surface area contributed by atoms with Gasteiger partial charge in [0.2, 0.25) is 0 Å². The van der Waals surface area contributed by atoms with Gasteiger partial charge in [-0.15, -0.1) is 0 Å². The number of nitrogens with one attached hydrogen (secondary N) is 1. The van der Waals surface area contributed by atoms with Gasteiger partial charge >= 0.3 is 5.97 Å². The van der Waals surface area contributed by atoms with Gasteiger partial charge in [-0.25, -0.2) is 0 Å². The van der Waals surface area contributed by atoms with Gasteiger partial charge in [-0.2, -0.15) is 0 Å². The van der Waals surface area contributed by atoms with Crippen LogP contribution in [0.4, 0.5) is 0 Å². The van der Waals surface area contributed by atoms with Crippen molar-refractivity contribution in [1.82, 2.24) is 5.32 Å². The molecule has 0 aliphatic heterocycles. The highest BCUT2D eigenvalue weighted by Crippen LogP contribution is 1.99. The molecule has 0 aromatic carbocycles. The van der Waals surface area contributed by atoms with Gasteiger partial charge in [0, 0.05) is 14.1 Å². The van der Waals surface area contributed by atoms with Crippen molar-refractivity contribution in [1.29, 1.82) is 0 Å². The third-order valence-electron chi connectivity index (χ3n) is 0.749. The first-order chi connectivity index (χ1) is 4.70. The van der Waals surface area contributed by atoms with Crippen molar-refractivity contribution in [2.45, 2.75) is 0 Å². The lowest BCUT2D eigenvalue weighted by Crippen LogP contribution is -2.16. The lowest BCUT2D eigenvalue weighted by molar-refractivity contribution is -0.133. The molecular formula is C5H10N2O2S. The minimum absolute atomic E-state index is 0.0491. The van der Waals surface area contributed by atoms with Crippen molar-refractivity contribution in [2.24, 2.45) is 4.99 Å². The molecule has 0 saturated carbocycles. The molecule has 5 heteroatoms. The van der Waals surface area contributed by atoms with Crippen LogP contribution in [0, 0.1) is 0 Å². The fourth-order valence-corrected chi connectivity index (χ4v) is 0.912. The third kappa shape index (κ3) is 4.20. The van der Waals surface area contributed by atoms with Crippen LogP contribution in [-0.4, -0.2) is 36.1 Å². The van der Waals surface area contributed by atoms with Crippen LogP contribution in [0.15, 0.2) is 4.99 Å². The van der Waals surface area contributed by atoms with E-state index in [2.05, 4.69) is 10.3 Å². The summed E-state index contributed by atoms with van der Waals surface area (Å²) in [6, 6.07) is 0. The molecule has 0 atom stereocenters. The average Bonchev–Trinajstić information content (AvgIpc) is 1.90. The van der Waals surface area contributed by atoms with Crippen molar-refractivity contribution in [3.8, 4) is 0 Å². The van der Waals surface area contributed by atoms with Gasteiger partial charge in [-0.05, 0) is 0 Å². The maximum atomic E-state index is 10.0.